The topological polar surface area (TPSA) is 75.4 Å². The largest absolute Gasteiger partial charge is 0.344 e. The van der Waals surface area contributed by atoms with E-state index in [0.29, 0.717) is 13.1 Å². The summed E-state index contributed by atoms with van der Waals surface area (Å²) in [5, 5.41) is 2.73. The van der Waals surface area contributed by atoms with Gasteiger partial charge in [-0.25, -0.2) is 0 Å². The molecule has 0 saturated carbocycles. The van der Waals surface area contributed by atoms with Gasteiger partial charge >= 0.3 is 0 Å². The van der Waals surface area contributed by atoms with Crippen LogP contribution in [0.15, 0.2) is 0 Å². The quantitative estimate of drug-likeness (QED) is 0.677. The van der Waals surface area contributed by atoms with Crippen LogP contribution in [0.1, 0.15) is 33.6 Å². The zero-order valence-corrected chi connectivity index (χ0v) is 11.3. The Kier molecular flexibility index (Phi) is 7.54. The summed E-state index contributed by atoms with van der Waals surface area (Å²) in [5.41, 5.74) is 5.39. The van der Waals surface area contributed by atoms with Gasteiger partial charge in [-0.15, -0.1) is 0 Å². The molecule has 0 spiro atoms. The van der Waals surface area contributed by atoms with Crippen LogP contribution in [0.2, 0.25) is 0 Å². The Balaban J connectivity index is 4.14. The molecule has 0 saturated heterocycles. The molecule has 0 aromatic rings. The van der Waals surface area contributed by atoms with Crippen LogP contribution >= 0.6 is 0 Å². The van der Waals surface area contributed by atoms with Crippen molar-refractivity contribution < 1.29 is 9.59 Å². The molecule has 2 unspecified atom stereocenters. The molecule has 3 N–H and O–H groups in total. The van der Waals surface area contributed by atoms with Crippen molar-refractivity contribution in [3.8, 4) is 0 Å². The van der Waals surface area contributed by atoms with Gasteiger partial charge in [-0.1, -0.05) is 6.92 Å². The Morgan fingerprint density at radius 1 is 1.35 bits per heavy atom. The number of nitrogens with two attached hydrogens (primary N) is 1. The maximum atomic E-state index is 11.8. The van der Waals surface area contributed by atoms with Crippen LogP contribution in [-0.4, -0.2) is 42.9 Å². The number of amides is 2. The molecule has 0 aromatic carbocycles. The minimum Gasteiger partial charge on any atom is -0.344 e. The lowest BCUT2D eigenvalue weighted by Gasteiger charge is -2.22. The van der Waals surface area contributed by atoms with Crippen LogP contribution in [-0.2, 0) is 9.59 Å². The van der Waals surface area contributed by atoms with Gasteiger partial charge in [0.05, 0.1) is 0 Å². The van der Waals surface area contributed by atoms with Crippen molar-refractivity contribution in [3.05, 3.63) is 0 Å². The molecular weight excluding hydrogens is 218 g/mol. The maximum Gasteiger partial charge on any atom is 0.244 e. The van der Waals surface area contributed by atoms with E-state index >= 15 is 0 Å². The van der Waals surface area contributed by atoms with Crippen LogP contribution in [0, 0.1) is 5.92 Å². The highest BCUT2D eigenvalue weighted by atomic mass is 16.2. The van der Waals surface area contributed by atoms with E-state index < -0.39 is 6.04 Å². The van der Waals surface area contributed by atoms with Gasteiger partial charge in [-0.05, 0) is 33.2 Å². The monoisotopic (exact) mass is 243 g/mol. The Morgan fingerprint density at radius 2 is 1.94 bits per heavy atom. The number of carbonyl (C=O) groups is 2. The van der Waals surface area contributed by atoms with Crippen molar-refractivity contribution >= 4 is 11.8 Å². The highest BCUT2D eigenvalue weighted by Crippen LogP contribution is 2.05. The average Bonchev–Trinajstić information content (AvgIpc) is 2.33. The highest BCUT2D eigenvalue weighted by molar-refractivity contribution is 5.87. The van der Waals surface area contributed by atoms with E-state index in [9.17, 15) is 9.59 Å². The van der Waals surface area contributed by atoms with Gasteiger partial charge in [-0.2, -0.15) is 0 Å². The number of rotatable bonds is 7. The first-order valence-electron chi connectivity index (χ1n) is 6.19. The van der Waals surface area contributed by atoms with E-state index in [1.807, 2.05) is 13.8 Å². The molecule has 0 fully saturated rings. The van der Waals surface area contributed by atoms with E-state index in [-0.39, 0.29) is 17.7 Å². The predicted molar refractivity (Wildman–Crippen MR) is 68.4 cm³/mol. The second-order valence-electron chi connectivity index (χ2n) is 4.41. The lowest BCUT2D eigenvalue weighted by molar-refractivity contribution is -0.135. The van der Waals surface area contributed by atoms with Crippen molar-refractivity contribution in [2.45, 2.75) is 39.7 Å². The van der Waals surface area contributed by atoms with E-state index in [0.717, 1.165) is 12.8 Å². The average molecular weight is 243 g/mol. The molecule has 17 heavy (non-hydrogen) atoms. The van der Waals surface area contributed by atoms with Crippen LogP contribution in [0.25, 0.3) is 0 Å². The lowest BCUT2D eigenvalue weighted by atomic mass is 10.0. The van der Waals surface area contributed by atoms with Crippen molar-refractivity contribution in [1.29, 1.82) is 0 Å². The standard InChI is InChI=1S/C12H25N3O2/c1-5-15(4)12(17)10(3)14-11(16)9(2)7-6-8-13/h9-10H,5-8,13H2,1-4H3,(H,14,16). The Labute approximate surface area is 104 Å². The molecule has 2 atom stereocenters. The summed E-state index contributed by atoms with van der Waals surface area (Å²) in [6.07, 6.45) is 1.58. The van der Waals surface area contributed by atoms with Gasteiger partial charge in [0.25, 0.3) is 0 Å². The van der Waals surface area contributed by atoms with Gasteiger partial charge in [0.15, 0.2) is 0 Å². The number of hydrogen-bond acceptors (Lipinski definition) is 3. The molecule has 0 aliphatic carbocycles. The smallest absolute Gasteiger partial charge is 0.244 e. The predicted octanol–water partition coefficient (Wildman–Crippen LogP) is 0.344. The summed E-state index contributed by atoms with van der Waals surface area (Å²) in [6.45, 7) is 6.69. The number of nitrogens with one attached hydrogen (secondary N) is 1. The molecule has 5 nitrogen and oxygen atoms in total. The summed E-state index contributed by atoms with van der Waals surface area (Å²) < 4.78 is 0. The molecule has 2 amide bonds. The minimum atomic E-state index is -0.465. The van der Waals surface area contributed by atoms with E-state index in [1.54, 1.807) is 18.9 Å². The zero-order chi connectivity index (χ0) is 13.4. The molecule has 0 heterocycles. The van der Waals surface area contributed by atoms with Gasteiger partial charge in [0, 0.05) is 19.5 Å². The van der Waals surface area contributed by atoms with Crippen molar-refractivity contribution in [2.24, 2.45) is 11.7 Å². The van der Waals surface area contributed by atoms with Gasteiger partial charge in [0.2, 0.25) is 11.8 Å². The third-order valence-corrected chi connectivity index (χ3v) is 2.87. The third-order valence-electron chi connectivity index (χ3n) is 2.87. The van der Waals surface area contributed by atoms with Crippen molar-refractivity contribution in [3.63, 3.8) is 0 Å². The van der Waals surface area contributed by atoms with E-state index in [2.05, 4.69) is 5.32 Å². The first-order chi connectivity index (χ1) is 7.93. The Bertz CT molecular complexity index is 256. The summed E-state index contributed by atoms with van der Waals surface area (Å²) >= 11 is 0. The SMILES string of the molecule is CCN(C)C(=O)C(C)NC(=O)C(C)CCCN. The first-order valence-corrected chi connectivity index (χ1v) is 6.19. The summed E-state index contributed by atoms with van der Waals surface area (Å²) in [7, 11) is 1.73. The molecule has 0 aliphatic heterocycles. The molecule has 5 heteroatoms. The minimum absolute atomic E-state index is 0.0631. The molecule has 0 aliphatic rings. The Hall–Kier alpha value is -1.10. The summed E-state index contributed by atoms with van der Waals surface area (Å²) in [6, 6.07) is -0.465. The summed E-state index contributed by atoms with van der Waals surface area (Å²) in [5.74, 6) is -0.239. The molecule has 0 radical (unpaired) electrons. The second-order valence-corrected chi connectivity index (χ2v) is 4.41. The van der Waals surface area contributed by atoms with Crippen LogP contribution in [0.3, 0.4) is 0 Å². The molecule has 0 aromatic heterocycles. The van der Waals surface area contributed by atoms with Crippen molar-refractivity contribution in [1.82, 2.24) is 10.2 Å². The number of likely N-dealkylation sites (N-methyl/N-ethyl adjacent to an activating group) is 1. The number of hydrogen-bond donors (Lipinski definition) is 2. The lowest BCUT2D eigenvalue weighted by Crippen LogP contribution is -2.46. The maximum absolute atomic E-state index is 11.8. The van der Waals surface area contributed by atoms with E-state index in [4.69, 9.17) is 5.73 Å². The molecule has 0 rings (SSSR count). The second kappa shape index (κ2) is 8.06. The van der Waals surface area contributed by atoms with Crippen LogP contribution in [0.5, 0.6) is 0 Å². The fourth-order valence-electron chi connectivity index (χ4n) is 1.46. The highest BCUT2D eigenvalue weighted by Gasteiger charge is 2.21. The molecule has 0 bridgehead atoms. The zero-order valence-electron chi connectivity index (χ0n) is 11.3. The van der Waals surface area contributed by atoms with Crippen LogP contribution in [0.4, 0.5) is 0 Å². The first kappa shape index (κ1) is 15.9. The molecule has 100 valence electrons. The van der Waals surface area contributed by atoms with Gasteiger partial charge < -0.3 is 16.0 Å². The molecular formula is C12H25N3O2. The Morgan fingerprint density at radius 3 is 2.41 bits per heavy atom. The van der Waals surface area contributed by atoms with Crippen LogP contribution < -0.4 is 11.1 Å². The van der Waals surface area contributed by atoms with E-state index in [1.165, 1.54) is 0 Å². The normalized spacial score (nSPS) is 13.9. The fourth-order valence-corrected chi connectivity index (χ4v) is 1.46. The number of carbonyl (C=O) groups excluding carboxylic acids is 2. The van der Waals surface area contributed by atoms with Gasteiger partial charge in [-0.3, -0.25) is 9.59 Å². The third kappa shape index (κ3) is 5.68. The van der Waals surface area contributed by atoms with Crippen molar-refractivity contribution in [2.75, 3.05) is 20.1 Å². The number of nitrogens with zero attached hydrogens (tertiary/aromatic N) is 1. The summed E-state index contributed by atoms with van der Waals surface area (Å²) in [4.78, 5) is 25.1. The fraction of sp³-hybridized carbons (Fsp3) is 0.833. The van der Waals surface area contributed by atoms with Gasteiger partial charge in [0.1, 0.15) is 6.04 Å².